The number of carbonyl (C=O) groups is 1. The van der Waals surface area contributed by atoms with Gasteiger partial charge in [-0.3, -0.25) is 4.79 Å². The highest BCUT2D eigenvalue weighted by molar-refractivity contribution is 6.17. The van der Waals surface area contributed by atoms with E-state index >= 15 is 0 Å². The molecule has 2 aromatic carbocycles. The zero-order valence-electron chi connectivity index (χ0n) is 11.0. The third-order valence-electron chi connectivity index (χ3n) is 3.40. The van der Waals surface area contributed by atoms with Crippen molar-refractivity contribution in [1.29, 1.82) is 0 Å². The molecule has 0 aliphatic carbocycles. The molecule has 0 aliphatic heterocycles. The number of hydrogen-bond acceptors (Lipinski definition) is 1. The van der Waals surface area contributed by atoms with Crippen LogP contribution in [0.1, 0.15) is 21.6 Å². The van der Waals surface area contributed by atoms with Crippen LogP contribution < -0.4 is 0 Å². The van der Waals surface area contributed by atoms with E-state index in [-0.39, 0.29) is 5.56 Å². The van der Waals surface area contributed by atoms with Gasteiger partial charge in [-0.05, 0) is 25.1 Å². The number of hydrogen-bond donors (Lipinski definition) is 1. The van der Waals surface area contributed by atoms with E-state index in [4.69, 9.17) is 0 Å². The predicted octanol–water partition coefficient (Wildman–Crippen LogP) is 4.12. The van der Waals surface area contributed by atoms with Crippen LogP contribution in [-0.2, 0) is 0 Å². The molecule has 106 valence electrons. The molecular formula is C16H10F3NO. The molecule has 0 unspecified atom stereocenters. The van der Waals surface area contributed by atoms with Gasteiger partial charge in [-0.1, -0.05) is 18.2 Å². The fourth-order valence-corrected chi connectivity index (χ4v) is 2.41. The summed E-state index contributed by atoms with van der Waals surface area (Å²) in [6, 6.07) is 8.73. The summed E-state index contributed by atoms with van der Waals surface area (Å²) in [6.07, 6.45) is 0. The van der Waals surface area contributed by atoms with E-state index < -0.39 is 28.8 Å². The highest BCUT2D eigenvalue weighted by atomic mass is 19.2. The first-order chi connectivity index (χ1) is 10.0. The van der Waals surface area contributed by atoms with E-state index in [2.05, 4.69) is 4.98 Å². The van der Waals surface area contributed by atoms with Crippen LogP contribution in [0.15, 0.2) is 36.4 Å². The molecule has 0 bridgehead atoms. The van der Waals surface area contributed by atoms with Gasteiger partial charge in [-0.25, -0.2) is 13.2 Å². The third kappa shape index (κ3) is 2.01. The first kappa shape index (κ1) is 13.4. The molecule has 3 aromatic rings. The minimum Gasteiger partial charge on any atom is -0.358 e. The summed E-state index contributed by atoms with van der Waals surface area (Å²) in [5.74, 6) is -5.11. The monoisotopic (exact) mass is 289 g/mol. The van der Waals surface area contributed by atoms with Gasteiger partial charge in [-0.15, -0.1) is 0 Å². The summed E-state index contributed by atoms with van der Waals surface area (Å²) < 4.78 is 40.1. The number of para-hydroxylation sites is 1. The zero-order valence-corrected chi connectivity index (χ0v) is 11.0. The Hall–Kier alpha value is -2.56. The minimum absolute atomic E-state index is 0.260. The molecule has 1 aromatic heterocycles. The highest BCUT2D eigenvalue weighted by Crippen LogP contribution is 2.26. The van der Waals surface area contributed by atoms with E-state index in [1.807, 2.05) is 0 Å². The molecule has 0 fully saturated rings. The van der Waals surface area contributed by atoms with Crippen molar-refractivity contribution in [3.05, 3.63) is 70.7 Å². The topological polar surface area (TPSA) is 32.9 Å². The second-order valence-corrected chi connectivity index (χ2v) is 4.72. The maximum absolute atomic E-state index is 13.8. The summed E-state index contributed by atoms with van der Waals surface area (Å²) in [7, 11) is 0. The summed E-state index contributed by atoms with van der Waals surface area (Å²) in [5, 5.41) is 0.615. The fourth-order valence-electron chi connectivity index (χ4n) is 2.41. The second-order valence-electron chi connectivity index (χ2n) is 4.72. The Morgan fingerprint density at radius 2 is 1.71 bits per heavy atom. The van der Waals surface area contributed by atoms with Crippen molar-refractivity contribution < 1.29 is 18.0 Å². The van der Waals surface area contributed by atoms with Gasteiger partial charge >= 0.3 is 0 Å². The molecule has 0 saturated carbocycles. The molecule has 5 heteroatoms. The van der Waals surface area contributed by atoms with Crippen LogP contribution in [0, 0.1) is 24.4 Å². The van der Waals surface area contributed by atoms with Crippen LogP contribution >= 0.6 is 0 Å². The summed E-state index contributed by atoms with van der Waals surface area (Å²) in [6.45, 7) is 1.67. The summed E-state index contributed by atoms with van der Waals surface area (Å²) in [4.78, 5) is 15.5. The van der Waals surface area contributed by atoms with Crippen molar-refractivity contribution in [3.8, 4) is 0 Å². The third-order valence-corrected chi connectivity index (χ3v) is 3.40. The average molecular weight is 289 g/mol. The number of halogens is 3. The van der Waals surface area contributed by atoms with Crippen molar-refractivity contribution in [3.63, 3.8) is 0 Å². The van der Waals surface area contributed by atoms with Gasteiger partial charge in [0.25, 0.3) is 0 Å². The lowest BCUT2D eigenvalue weighted by Gasteiger charge is -2.04. The number of aromatic amines is 1. The molecule has 0 atom stereocenters. The van der Waals surface area contributed by atoms with Gasteiger partial charge in [0.2, 0.25) is 0 Å². The van der Waals surface area contributed by atoms with Crippen LogP contribution in [0.5, 0.6) is 0 Å². The average Bonchev–Trinajstić information content (AvgIpc) is 2.80. The van der Waals surface area contributed by atoms with Crippen LogP contribution in [0.25, 0.3) is 10.9 Å². The first-order valence-corrected chi connectivity index (χ1v) is 6.26. The molecule has 21 heavy (non-hydrogen) atoms. The molecule has 3 rings (SSSR count). The summed E-state index contributed by atoms with van der Waals surface area (Å²) >= 11 is 0. The van der Waals surface area contributed by atoms with Crippen molar-refractivity contribution in [2.24, 2.45) is 0 Å². The quantitative estimate of drug-likeness (QED) is 0.558. The van der Waals surface area contributed by atoms with Crippen molar-refractivity contribution in [2.75, 3.05) is 0 Å². The number of benzene rings is 2. The van der Waals surface area contributed by atoms with Gasteiger partial charge in [0, 0.05) is 16.6 Å². The lowest BCUT2D eigenvalue weighted by Crippen LogP contribution is -2.08. The number of ketones is 1. The summed E-state index contributed by atoms with van der Waals surface area (Å²) in [5.41, 5.74) is 1.05. The van der Waals surface area contributed by atoms with Gasteiger partial charge in [-0.2, -0.15) is 0 Å². The molecule has 0 radical (unpaired) electrons. The van der Waals surface area contributed by atoms with E-state index in [0.29, 0.717) is 11.1 Å². The second kappa shape index (κ2) is 4.77. The fraction of sp³-hybridized carbons (Fsp3) is 0.0625. The number of rotatable bonds is 2. The van der Waals surface area contributed by atoms with Crippen LogP contribution in [0.3, 0.4) is 0 Å². The number of fused-ring (bicyclic) bond motifs is 1. The Bertz CT molecular complexity index is 867. The van der Waals surface area contributed by atoms with E-state index in [1.165, 1.54) is 0 Å². The normalized spacial score (nSPS) is 11.0. The SMILES string of the molecule is Cc1[nH]c2ccccc2c1C(=O)c1ccc(F)c(F)c1F. The minimum atomic E-state index is -1.64. The number of carbonyl (C=O) groups excluding carboxylic acids is 1. The number of H-pyrrole nitrogens is 1. The van der Waals surface area contributed by atoms with Gasteiger partial charge in [0.15, 0.2) is 23.2 Å². The van der Waals surface area contributed by atoms with Crippen LogP contribution in [0.2, 0.25) is 0 Å². The zero-order chi connectivity index (χ0) is 15.1. The maximum atomic E-state index is 13.8. The Kier molecular flexibility index (Phi) is 3.05. The van der Waals surface area contributed by atoms with E-state index in [0.717, 1.165) is 17.6 Å². The molecular weight excluding hydrogens is 279 g/mol. The first-order valence-electron chi connectivity index (χ1n) is 6.26. The molecule has 2 nitrogen and oxygen atoms in total. The van der Waals surface area contributed by atoms with Gasteiger partial charge in [0.05, 0.1) is 11.1 Å². The Labute approximate surface area is 118 Å². The lowest BCUT2D eigenvalue weighted by molar-refractivity contribution is 0.103. The van der Waals surface area contributed by atoms with Crippen LogP contribution in [0.4, 0.5) is 13.2 Å². The molecule has 1 heterocycles. The lowest BCUT2D eigenvalue weighted by atomic mass is 10.00. The molecule has 1 N–H and O–H groups in total. The largest absolute Gasteiger partial charge is 0.358 e. The van der Waals surface area contributed by atoms with E-state index in [1.54, 1.807) is 31.2 Å². The van der Waals surface area contributed by atoms with E-state index in [9.17, 15) is 18.0 Å². The van der Waals surface area contributed by atoms with Gasteiger partial charge < -0.3 is 4.98 Å². The number of nitrogens with one attached hydrogen (secondary N) is 1. The molecule has 0 amide bonds. The van der Waals surface area contributed by atoms with Crippen molar-refractivity contribution in [1.82, 2.24) is 4.98 Å². The highest BCUT2D eigenvalue weighted by Gasteiger charge is 2.23. The smallest absolute Gasteiger partial charge is 0.198 e. The standard InChI is InChI=1S/C16H10F3NO/c1-8-13(9-4-2-3-5-12(9)20-8)16(21)10-6-7-11(17)15(19)14(10)18/h2-7,20H,1H3. The maximum Gasteiger partial charge on any atom is 0.198 e. The van der Waals surface area contributed by atoms with Crippen LogP contribution in [-0.4, -0.2) is 10.8 Å². The Morgan fingerprint density at radius 3 is 2.48 bits per heavy atom. The predicted molar refractivity (Wildman–Crippen MR) is 72.8 cm³/mol. The van der Waals surface area contributed by atoms with Crippen molar-refractivity contribution >= 4 is 16.7 Å². The molecule has 0 aliphatic rings. The number of aromatic nitrogens is 1. The van der Waals surface area contributed by atoms with Gasteiger partial charge in [0.1, 0.15) is 0 Å². The molecule has 0 spiro atoms. The van der Waals surface area contributed by atoms with Crippen molar-refractivity contribution in [2.45, 2.75) is 6.92 Å². The Morgan fingerprint density at radius 1 is 1.00 bits per heavy atom. The Balaban J connectivity index is 2.22. The number of aryl methyl sites for hydroxylation is 1. The molecule has 0 saturated heterocycles.